The molecule has 0 fully saturated rings. The lowest BCUT2D eigenvalue weighted by atomic mass is 10.2. The third kappa shape index (κ3) is 3.40. The van der Waals surface area contributed by atoms with Crippen molar-refractivity contribution in [1.29, 1.82) is 0 Å². The number of hydrogen-bond acceptors (Lipinski definition) is 6. The monoisotopic (exact) mass is 266 g/mol. The normalized spacial score (nSPS) is 10.5. The van der Waals surface area contributed by atoms with Gasteiger partial charge in [0.15, 0.2) is 0 Å². The summed E-state index contributed by atoms with van der Waals surface area (Å²) in [5, 5.41) is 5.65. The standard InChI is InChI=1S/C12H14N2O3S/c1-2-16-12(15)11-13-10(17-14-11)7-3-5-9-6-4-8-18-9/h4,6,8H,2-3,5,7H2,1H3. The lowest BCUT2D eigenvalue weighted by Crippen LogP contribution is -2.06. The minimum atomic E-state index is -0.536. The zero-order valence-corrected chi connectivity index (χ0v) is 10.9. The highest BCUT2D eigenvalue weighted by Crippen LogP contribution is 2.12. The molecule has 0 aliphatic heterocycles. The van der Waals surface area contributed by atoms with Gasteiger partial charge in [-0.15, -0.1) is 11.3 Å². The van der Waals surface area contributed by atoms with Crippen LogP contribution in [-0.2, 0) is 17.6 Å². The largest absolute Gasteiger partial charge is 0.460 e. The molecule has 5 nitrogen and oxygen atoms in total. The van der Waals surface area contributed by atoms with Crippen LogP contribution in [-0.4, -0.2) is 22.7 Å². The molecule has 2 aromatic heterocycles. The van der Waals surface area contributed by atoms with Crippen molar-refractivity contribution in [3.05, 3.63) is 34.1 Å². The van der Waals surface area contributed by atoms with E-state index in [2.05, 4.69) is 21.6 Å². The van der Waals surface area contributed by atoms with Crippen LogP contribution in [0.4, 0.5) is 0 Å². The molecule has 18 heavy (non-hydrogen) atoms. The number of nitrogens with zero attached hydrogens (tertiary/aromatic N) is 2. The molecule has 0 aliphatic rings. The van der Waals surface area contributed by atoms with Crippen LogP contribution in [0.2, 0.25) is 0 Å². The van der Waals surface area contributed by atoms with Crippen molar-refractivity contribution in [1.82, 2.24) is 10.1 Å². The number of carbonyl (C=O) groups excluding carboxylic acids is 1. The quantitative estimate of drug-likeness (QED) is 0.751. The molecule has 2 heterocycles. The highest BCUT2D eigenvalue weighted by molar-refractivity contribution is 7.09. The van der Waals surface area contributed by atoms with Gasteiger partial charge in [0, 0.05) is 11.3 Å². The number of hydrogen-bond donors (Lipinski definition) is 0. The van der Waals surface area contributed by atoms with E-state index >= 15 is 0 Å². The molecule has 0 unspecified atom stereocenters. The number of esters is 1. The van der Waals surface area contributed by atoms with Gasteiger partial charge in [-0.25, -0.2) is 4.79 Å². The van der Waals surface area contributed by atoms with Crippen molar-refractivity contribution in [2.75, 3.05) is 6.61 Å². The van der Waals surface area contributed by atoms with Gasteiger partial charge in [0.25, 0.3) is 5.82 Å². The SMILES string of the molecule is CCOC(=O)c1noc(CCCc2cccs2)n1. The third-order valence-corrected chi connectivity index (χ3v) is 3.26. The molecule has 6 heteroatoms. The number of carbonyl (C=O) groups is 1. The summed E-state index contributed by atoms with van der Waals surface area (Å²) < 4.78 is 9.78. The molecule has 2 rings (SSSR count). The van der Waals surface area contributed by atoms with E-state index in [9.17, 15) is 4.79 Å². The lowest BCUT2D eigenvalue weighted by molar-refractivity contribution is 0.0508. The number of aromatic nitrogens is 2. The van der Waals surface area contributed by atoms with Crippen LogP contribution < -0.4 is 0 Å². The third-order valence-electron chi connectivity index (χ3n) is 2.32. The second-order valence-electron chi connectivity index (χ2n) is 3.67. The molecule has 96 valence electrons. The summed E-state index contributed by atoms with van der Waals surface area (Å²) in [6, 6.07) is 4.13. The molecule has 0 spiro atoms. The molecule has 0 aromatic carbocycles. The fourth-order valence-electron chi connectivity index (χ4n) is 1.50. The second-order valence-corrected chi connectivity index (χ2v) is 4.70. The predicted octanol–water partition coefficient (Wildman–Crippen LogP) is 2.48. The van der Waals surface area contributed by atoms with E-state index in [1.807, 2.05) is 6.07 Å². The van der Waals surface area contributed by atoms with E-state index in [1.165, 1.54) is 4.88 Å². The van der Waals surface area contributed by atoms with Gasteiger partial charge >= 0.3 is 5.97 Å². The minimum Gasteiger partial charge on any atom is -0.460 e. The number of thiophene rings is 1. The first kappa shape index (κ1) is 12.8. The Labute approximate surface area is 109 Å². The topological polar surface area (TPSA) is 65.2 Å². The summed E-state index contributed by atoms with van der Waals surface area (Å²) in [7, 11) is 0. The van der Waals surface area contributed by atoms with Gasteiger partial charge in [-0.05, 0) is 36.4 Å². The number of ether oxygens (including phenoxy) is 1. The van der Waals surface area contributed by atoms with E-state index in [4.69, 9.17) is 9.26 Å². The van der Waals surface area contributed by atoms with E-state index in [-0.39, 0.29) is 5.82 Å². The summed E-state index contributed by atoms with van der Waals surface area (Å²) in [6.07, 6.45) is 2.57. The average molecular weight is 266 g/mol. The van der Waals surface area contributed by atoms with Crippen molar-refractivity contribution in [2.45, 2.75) is 26.2 Å². The Balaban J connectivity index is 1.81. The summed E-state index contributed by atoms with van der Waals surface area (Å²) in [5.41, 5.74) is 0. The first-order chi connectivity index (χ1) is 8.79. The van der Waals surface area contributed by atoms with E-state index < -0.39 is 5.97 Å². The molecule has 0 saturated heterocycles. The van der Waals surface area contributed by atoms with Crippen LogP contribution in [0.1, 0.15) is 34.7 Å². The zero-order valence-electron chi connectivity index (χ0n) is 10.1. The Morgan fingerprint density at radius 2 is 2.39 bits per heavy atom. The van der Waals surface area contributed by atoms with Gasteiger partial charge in [0.05, 0.1) is 6.61 Å². The summed E-state index contributed by atoms with van der Waals surface area (Å²) in [5.74, 6) is -0.0525. The highest BCUT2D eigenvalue weighted by atomic mass is 32.1. The van der Waals surface area contributed by atoms with Crippen molar-refractivity contribution in [3.63, 3.8) is 0 Å². The summed E-state index contributed by atoms with van der Waals surface area (Å²) >= 11 is 1.73. The Kier molecular flexibility index (Phi) is 4.46. The van der Waals surface area contributed by atoms with Gasteiger partial charge in [0.2, 0.25) is 5.89 Å². The second kappa shape index (κ2) is 6.30. The van der Waals surface area contributed by atoms with Crippen molar-refractivity contribution >= 4 is 17.3 Å². The Morgan fingerprint density at radius 1 is 1.50 bits per heavy atom. The minimum absolute atomic E-state index is 0.00275. The molecule has 0 atom stereocenters. The maximum absolute atomic E-state index is 11.3. The Hall–Kier alpha value is -1.69. The van der Waals surface area contributed by atoms with Gasteiger partial charge in [0.1, 0.15) is 0 Å². The predicted molar refractivity (Wildman–Crippen MR) is 66.6 cm³/mol. The van der Waals surface area contributed by atoms with E-state index in [1.54, 1.807) is 18.3 Å². The van der Waals surface area contributed by atoms with Crippen LogP contribution in [0.15, 0.2) is 22.0 Å². The molecule has 2 aromatic rings. The molecule has 0 N–H and O–H groups in total. The summed E-state index contributed by atoms with van der Waals surface area (Å²) in [6.45, 7) is 2.04. The average Bonchev–Trinajstić information content (AvgIpc) is 3.00. The lowest BCUT2D eigenvalue weighted by Gasteiger charge is -1.94. The van der Waals surface area contributed by atoms with Crippen molar-refractivity contribution in [3.8, 4) is 0 Å². The molecular weight excluding hydrogens is 252 g/mol. The Morgan fingerprint density at radius 3 is 3.11 bits per heavy atom. The van der Waals surface area contributed by atoms with Gasteiger partial charge < -0.3 is 9.26 Å². The number of aryl methyl sites for hydroxylation is 2. The molecule has 0 amide bonds. The Bertz CT molecular complexity index is 493. The maximum atomic E-state index is 11.3. The van der Waals surface area contributed by atoms with Crippen molar-refractivity contribution < 1.29 is 14.1 Å². The van der Waals surface area contributed by atoms with Gasteiger partial charge in [-0.1, -0.05) is 6.07 Å². The summed E-state index contributed by atoms with van der Waals surface area (Å²) in [4.78, 5) is 16.6. The molecule has 0 radical (unpaired) electrons. The van der Waals surface area contributed by atoms with Crippen LogP contribution in [0.5, 0.6) is 0 Å². The molecule has 0 saturated carbocycles. The highest BCUT2D eigenvalue weighted by Gasteiger charge is 2.15. The van der Waals surface area contributed by atoms with Crippen LogP contribution in [0, 0.1) is 0 Å². The van der Waals surface area contributed by atoms with Crippen LogP contribution >= 0.6 is 11.3 Å². The number of rotatable bonds is 6. The molecule has 0 bridgehead atoms. The van der Waals surface area contributed by atoms with Crippen molar-refractivity contribution in [2.24, 2.45) is 0 Å². The van der Waals surface area contributed by atoms with Crippen LogP contribution in [0.3, 0.4) is 0 Å². The maximum Gasteiger partial charge on any atom is 0.379 e. The fourth-order valence-corrected chi connectivity index (χ4v) is 2.25. The van der Waals surface area contributed by atoms with Crippen LogP contribution in [0.25, 0.3) is 0 Å². The van der Waals surface area contributed by atoms with Gasteiger partial charge in [-0.2, -0.15) is 4.98 Å². The van der Waals surface area contributed by atoms with E-state index in [0.29, 0.717) is 18.9 Å². The first-order valence-electron chi connectivity index (χ1n) is 5.81. The first-order valence-corrected chi connectivity index (χ1v) is 6.69. The molecule has 0 aliphatic carbocycles. The fraction of sp³-hybridized carbons (Fsp3) is 0.417. The van der Waals surface area contributed by atoms with E-state index in [0.717, 1.165) is 12.8 Å². The van der Waals surface area contributed by atoms with Gasteiger partial charge in [-0.3, -0.25) is 0 Å². The smallest absolute Gasteiger partial charge is 0.379 e. The molecular formula is C12H14N2O3S. The zero-order chi connectivity index (χ0) is 12.8.